The zero-order valence-corrected chi connectivity index (χ0v) is 18.7. The molecule has 3 aromatic carbocycles. The number of likely N-dealkylation sites (N-methyl/N-ethyl adjacent to an activating group) is 1. The van der Waals surface area contributed by atoms with Crippen LogP contribution in [0.5, 0.6) is 11.5 Å². The Bertz CT molecular complexity index is 1010. The maximum Gasteiger partial charge on any atom is 0.124 e. The molecular formula is C27H31FN2O2. The number of rotatable bonds is 8. The molecule has 4 nitrogen and oxygen atoms in total. The Hall–Kier alpha value is -3.05. The van der Waals surface area contributed by atoms with Crippen molar-refractivity contribution in [1.82, 2.24) is 4.90 Å². The van der Waals surface area contributed by atoms with Crippen molar-refractivity contribution in [2.24, 2.45) is 0 Å². The summed E-state index contributed by atoms with van der Waals surface area (Å²) < 4.78 is 18.4. The highest BCUT2D eigenvalue weighted by molar-refractivity contribution is 5.53. The summed E-state index contributed by atoms with van der Waals surface area (Å²) in [6.45, 7) is 0.794. The molecule has 4 rings (SSSR count). The molecule has 32 heavy (non-hydrogen) atoms. The minimum atomic E-state index is -0.190. The zero-order chi connectivity index (χ0) is 22.5. The van der Waals surface area contributed by atoms with Crippen LogP contribution in [0.1, 0.15) is 36.4 Å². The molecule has 2 unspecified atom stereocenters. The summed E-state index contributed by atoms with van der Waals surface area (Å²) >= 11 is 0. The van der Waals surface area contributed by atoms with Crippen LogP contribution in [0, 0.1) is 5.82 Å². The van der Waals surface area contributed by atoms with E-state index < -0.39 is 0 Å². The van der Waals surface area contributed by atoms with Crippen molar-refractivity contribution in [3.63, 3.8) is 0 Å². The van der Waals surface area contributed by atoms with E-state index in [1.165, 1.54) is 17.7 Å². The Kier molecular flexibility index (Phi) is 6.96. The fourth-order valence-electron chi connectivity index (χ4n) is 4.73. The molecule has 0 bridgehead atoms. The highest BCUT2D eigenvalue weighted by Gasteiger charge is 2.40. The van der Waals surface area contributed by atoms with Gasteiger partial charge in [0.15, 0.2) is 0 Å². The molecule has 1 aliphatic rings. The summed E-state index contributed by atoms with van der Waals surface area (Å²) in [5, 5.41) is 10.8. The number of methoxy groups -OCH3 is 1. The number of para-hydroxylation sites is 1. The van der Waals surface area contributed by atoms with Crippen LogP contribution in [0.4, 0.5) is 10.1 Å². The largest absolute Gasteiger partial charge is 0.507 e. The number of ether oxygens (including phenoxy) is 1. The van der Waals surface area contributed by atoms with Crippen LogP contribution in [0.3, 0.4) is 0 Å². The first-order valence-corrected chi connectivity index (χ1v) is 11.2. The molecule has 5 heteroatoms. The predicted molar refractivity (Wildman–Crippen MR) is 127 cm³/mol. The number of hydrogen-bond acceptors (Lipinski definition) is 4. The molecule has 168 valence electrons. The van der Waals surface area contributed by atoms with Gasteiger partial charge < -0.3 is 14.7 Å². The molecule has 1 N–H and O–H groups in total. The van der Waals surface area contributed by atoms with Gasteiger partial charge in [-0.25, -0.2) is 4.39 Å². The Labute approximate surface area is 189 Å². The number of benzene rings is 3. The zero-order valence-electron chi connectivity index (χ0n) is 18.7. The number of nitrogens with zero attached hydrogens (tertiary/aromatic N) is 2. The van der Waals surface area contributed by atoms with Crippen molar-refractivity contribution in [2.45, 2.75) is 37.8 Å². The van der Waals surface area contributed by atoms with Gasteiger partial charge in [0.2, 0.25) is 0 Å². The smallest absolute Gasteiger partial charge is 0.124 e. The quantitative estimate of drug-likeness (QED) is 0.457. The Morgan fingerprint density at radius 1 is 1.00 bits per heavy atom. The van der Waals surface area contributed by atoms with E-state index in [4.69, 9.17) is 4.74 Å². The number of halogens is 1. The van der Waals surface area contributed by atoms with Crippen LogP contribution in [-0.2, 0) is 6.42 Å². The molecule has 3 aromatic rings. The van der Waals surface area contributed by atoms with Crippen LogP contribution in [-0.4, -0.2) is 36.9 Å². The lowest BCUT2D eigenvalue weighted by molar-refractivity contribution is 0.275. The van der Waals surface area contributed by atoms with Crippen molar-refractivity contribution in [3.8, 4) is 11.5 Å². The first-order valence-electron chi connectivity index (χ1n) is 11.2. The predicted octanol–water partition coefficient (Wildman–Crippen LogP) is 5.77. The van der Waals surface area contributed by atoms with E-state index in [2.05, 4.69) is 41.1 Å². The summed E-state index contributed by atoms with van der Waals surface area (Å²) in [5.74, 6) is 0.728. The average Bonchev–Trinajstić information content (AvgIpc) is 3.14. The van der Waals surface area contributed by atoms with E-state index >= 15 is 0 Å². The van der Waals surface area contributed by atoms with Crippen LogP contribution >= 0.6 is 0 Å². The van der Waals surface area contributed by atoms with Gasteiger partial charge in [0, 0.05) is 23.4 Å². The molecule has 0 amide bonds. The van der Waals surface area contributed by atoms with Gasteiger partial charge in [0.25, 0.3) is 0 Å². The first kappa shape index (κ1) is 22.2. The topological polar surface area (TPSA) is 35.9 Å². The maximum absolute atomic E-state index is 13.1. The second-order valence-corrected chi connectivity index (χ2v) is 8.51. The van der Waals surface area contributed by atoms with Gasteiger partial charge in [-0.2, -0.15) is 0 Å². The van der Waals surface area contributed by atoms with Gasteiger partial charge in [0.1, 0.15) is 17.3 Å². The van der Waals surface area contributed by atoms with Crippen molar-refractivity contribution in [1.29, 1.82) is 0 Å². The van der Waals surface area contributed by atoms with Gasteiger partial charge in [-0.05, 0) is 68.3 Å². The molecule has 2 atom stereocenters. The minimum Gasteiger partial charge on any atom is -0.507 e. The highest BCUT2D eigenvalue weighted by atomic mass is 19.1. The second kappa shape index (κ2) is 10.0. The van der Waals surface area contributed by atoms with E-state index in [-0.39, 0.29) is 23.7 Å². The molecule has 1 fully saturated rings. The monoisotopic (exact) mass is 434 g/mol. The third-order valence-corrected chi connectivity index (χ3v) is 6.41. The average molecular weight is 435 g/mol. The normalized spacial score (nSPS) is 18.8. The number of unbranched alkanes of at least 4 members (excludes halogenated alkanes) is 1. The lowest BCUT2D eigenvalue weighted by Gasteiger charge is -2.30. The molecule has 1 saturated heterocycles. The third kappa shape index (κ3) is 4.89. The Balaban J connectivity index is 1.53. The lowest BCUT2D eigenvalue weighted by Crippen LogP contribution is -2.29. The van der Waals surface area contributed by atoms with Gasteiger partial charge in [0.05, 0.1) is 19.8 Å². The van der Waals surface area contributed by atoms with Gasteiger partial charge in [-0.1, -0.05) is 36.8 Å². The summed E-state index contributed by atoms with van der Waals surface area (Å²) in [4.78, 5) is 4.74. The summed E-state index contributed by atoms with van der Waals surface area (Å²) in [6.07, 6.45) is 4.06. The summed E-state index contributed by atoms with van der Waals surface area (Å²) in [7, 11) is 3.76. The van der Waals surface area contributed by atoms with Crippen molar-refractivity contribution in [3.05, 3.63) is 89.7 Å². The SMILES string of the molecule is COc1ccc(C2C(CCCCc3ccc(F)cc3)N(C)CN2c2ccccc2)c(O)c1. The number of aryl methyl sites for hydroxylation is 1. The van der Waals surface area contributed by atoms with E-state index in [0.29, 0.717) is 5.75 Å². The molecule has 0 saturated carbocycles. The fraction of sp³-hybridized carbons (Fsp3) is 0.333. The lowest BCUT2D eigenvalue weighted by atomic mass is 9.93. The van der Waals surface area contributed by atoms with Crippen molar-refractivity contribution < 1.29 is 14.2 Å². The molecule has 1 aliphatic heterocycles. The van der Waals surface area contributed by atoms with E-state index in [0.717, 1.165) is 43.6 Å². The van der Waals surface area contributed by atoms with Gasteiger partial charge in [-0.15, -0.1) is 0 Å². The molecule has 0 aliphatic carbocycles. The Morgan fingerprint density at radius 2 is 1.75 bits per heavy atom. The van der Waals surface area contributed by atoms with Gasteiger partial charge >= 0.3 is 0 Å². The number of anilines is 1. The number of hydrogen-bond donors (Lipinski definition) is 1. The number of phenolic OH excluding ortho intramolecular Hbond substituents is 1. The maximum atomic E-state index is 13.1. The van der Waals surface area contributed by atoms with Crippen LogP contribution in [0.15, 0.2) is 72.8 Å². The standard InChI is InChI=1S/C27H31FN2O2/c1-29-19-30(22-9-4-3-5-10-22)27(24-17-16-23(32-2)18-26(24)31)25(29)11-7-6-8-20-12-14-21(28)15-13-20/h3-5,9-10,12-18,25,27,31H,6-8,11,19H2,1-2H3. The highest BCUT2D eigenvalue weighted by Crippen LogP contribution is 2.42. The van der Waals surface area contributed by atoms with Crippen LogP contribution in [0.2, 0.25) is 0 Å². The van der Waals surface area contributed by atoms with E-state index in [9.17, 15) is 9.50 Å². The van der Waals surface area contributed by atoms with Crippen LogP contribution in [0.25, 0.3) is 0 Å². The molecule has 0 aromatic heterocycles. The molecule has 0 spiro atoms. The van der Waals surface area contributed by atoms with E-state index in [1.54, 1.807) is 13.2 Å². The second-order valence-electron chi connectivity index (χ2n) is 8.51. The fourth-order valence-corrected chi connectivity index (χ4v) is 4.73. The molecular weight excluding hydrogens is 403 g/mol. The number of phenols is 1. The molecule has 1 heterocycles. The molecule has 0 radical (unpaired) electrons. The summed E-state index contributed by atoms with van der Waals surface area (Å²) in [5.41, 5.74) is 3.23. The number of aromatic hydroxyl groups is 1. The minimum absolute atomic E-state index is 0.0409. The van der Waals surface area contributed by atoms with Gasteiger partial charge in [-0.3, -0.25) is 4.90 Å². The third-order valence-electron chi connectivity index (χ3n) is 6.41. The van der Waals surface area contributed by atoms with Crippen LogP contribution < -0.4 is 9.64 Å². The first-order chi connectivity index (χ1) is 15.6. The Morgan fingerprint density at radius 3 is 2.44 bits per heavy atom. The van der Waals surface area contributed by atoms with Crippen molar-refractivity contribution >= 4 is 5.69 Å². The van der Waals surface area contributed by atoms with Crippen molar-refractivity contribution in [2.75, 3.05) is 25.7 Å². The summed E-state index contributed by atoms with van der Waals surface area (Å²) in [6, 6.07) is 23.1. The van der Waals surface area contributed by atoms with E-state index in [1.807, 2.05) is 30.3 Å².